The van der Waals surface area contributed by atoms with Crippen molar-refractivity contribution in [3.8, 4) is 34.9 Å². The van der Waals surface area contributed by atoms with Gasteiger partial charge in [-0.3, -0.25) is 14.4 Å². The number of carbonyl (C=O) groups is 6. The van der Waals surface area contributed by atoms with E-state index in [9.17, 15) is 60.7 Å². The van der Waals surface area contributed by atoms with Gasteiger partial charge in [0.05, 0.1) is 59.8 Å². The SMILES string of the molecule is CC[C@@H]1[C@@H]2CN(C(=O)[C@H](C(C)(C)C)NC(=O)O[C@@H]3CC4CC4[C@H]3CCCCCc3nc4ccc(OC(F)F)cc4nc3O2)[C@@H]1[C-]=O.COc1ccc2nc3c(nc2c1)O[C@H]1CN(C(=O)[C@H](C(C)(C)C)NC(=O)O[C@@H]2CC4CC4[C@H]2CCCC2CC32)[C@H]([C-]=O)[C@@H]1C.C[C@@H]1[C@@H]2CN(C(=O)[C@H](C(C)(C)C)NC(=O)O[C@@H]3CC4CC4[C@H]3CCCCCc3nc4ccc(OC(F)F)cc4nc3O2)[C@@H]1[C-]=O.[V].[V].[V]. The summed E-state index contributed by atoms with van der Waals surface area (Å²) in [5.41, 5.74) is 3.27. The first kappa shape index (κ1) is 105. The van der Waals surface area contributed by atoms with Crippen LogP contribution in [0, 0.1) is 93.2 Å². The monoisotopic (exact) mass is 2020 g/mol. The first-order chi connectivity index (χ1) is 64.4. The maximum absolute atomic E-state index is 14.2. The van der Waals surface area contributed by atoms with Gasteiger partial charge in [0.2, 0.25) is 35.4 Å². The van der Waals surface area contributed by atoms with Crippen LogP contribution in [0.4, 0.5) is 31.9 Å². The van der Waals surface area contributed by atoms with Crippen LogP contribution >= 0.6 is 0 Å². The van der Waals surface area contributed by atoms with E-state index < -0.39 is 126 Å². The predicted octanol–water partition coefficient (Wildman–Crippen LogP) is 15.6. The number of nitrogens with one attached hydrogen (secondary N) is 3. The van der Waals surface area contributed by atoms with E-state index in [4.69, 9.17) is 58.1 Å². The number of hydrogen-bond acceptors (Lipinski definition) is 24. The second-order valence-electron chi connectivity index (χ2n) is 43.3. The number of fused-ring (bicyclic) bond motifs is 23. The van der Waals surface area contributed by atoms with Gasteiger partial charge in [-0.15, -0.1) is 0 Å². The molecule has 0 spiro atoms. The van der Waals surface area contributed by atoms with Crippen LogP contribution in [0.1, 0.15) is 228 Å². The van der Waals surface area contributed by atoms with Gasteiger partial charge in [-0.1, -0.05) is 140 Å². The Hall–Kier alpha value is -8.82. The Morgan fingerprint density at radius 2 is 0.768 bits per heavy atom. The fourth-order valence-electron chi connectivity index (χ4n) is 23.3. The summed E-state index contributed by atoms with van der Waals surface area (Å²) in [6.07, 6.45) is 21.5. The summed E-state index contributed by atoms with van der Waals surface area (Å²) in [7, 11) is 1.62. The zero-order valence-electron chi connectivity index (χ0n) is 80.6. The Labute approximate surface area is 838 Å². The molecule has 19 rings (SSSR count). The number of amides is 6. The van der Waals surface area contributed by atoms with E-state index in [1.807, 2.05) is 101 Å². The van der Waals surface area contributed by atoms with Gasteiger partial charge in [-0.05, 0) is 226 Å². The molecule has 3 aromatic carbocycles. The summed E-state index contributed by atoms with van der Waals surface area (Å²) in [5, 5.41) is 8.60. The summed E-state index contributed by atoms with van der Waals surface area (Å²) >= 11 is 0. The third kappa shape index (κ3) is 23.1. The second kappa shape index (κ2) is 43.2. The molecular formula is C101H127F4N12O18V3-3. The molecule has 3 saturated heterocycles. The zero-order chi connectivity index (χ0) is 95.7. The Kier molecular flexibility index (Phi) is 32.8. The molecule has 8 unspecified atom stereocenters. The van der Waals surface area contributed by atoms with Crippen LogP contribution in [0.2, 0.25) is 0 Å². The number of halogens is 4. The number of benzene rings is 3. The molecule has 138 heavy (non-hydrogen) atoms. The molecule has 10 fully saturated rings. The van der Waals surface area contributed by atoms with Crippen molar-refractivity contribution in [3.63, 3.8) is 0 Å². The maximum Gasteiger partial charge on any atom is 0.408 e. The second-order valence-corrected chi connectivity index (χ2v) is 43.3. The number of methoxy groups -OCH3 is 1. The van der Waals surface area contributed by atoms with E-state index in [-0.39, 0.29) is 135 Å². The van der Waals surface area contributed by atoms with Crippen LogP contribution < -0.4 is 44.4 Å². The van der Waals surface area contributed by atoms with Crippen molar-refractivity contribution in [1.82, 2.24) is 60.6 Å². The molecule has 3 radical (unpaired) electrons. The molecule has 3 aromatic heterocycles. The van der Waals surface area contributed by atoms with Crippen LogP contribution in [-0.2, 0) is 111 Å². The summed E-state index contributed by atoms with van der Waals surface area (Å²) in [6.45, 7) is 16.8. The maximum atomic E-state index is 14.2. The van der Waals surface area contributed by atoms with E-state index in [2.05, 4.69) is 43.0 Å². The summed E-state index contributed by atoms with van der Waals surface area (Å²) in [5.74, 6) is 4.43. The molecule has 6 bridgehead atoms. The van der Waals surface area contributed by atoms with Gasteiger partial charge in [-0.25, -0.2) is 63.1 Å². The standard InChI is InChI=1S/C34H43F2N4O6.C34H43N4O6.C33H41F2N4O6.3V/c1-5-20-26(17-41)40-16-28(20)45-30-24(37-23-12-11-19(44-32(35)36)15-25(23)38-30)10-8-6-7-9-21-22-13-18(22)14-27(21)46-33(43)39-29(31(40)42)34(2,3)4;1-17-26(16-39)38-15-28(17)43-31-29(35-24-10-9-20(42-5)14-25(24)36-31)23-11-18(23)7-6-8-21-22-12-19(22)13-27(21)44-33(41)37-30(32(38)40)34(2,3)4;1-17-25(16-40)39-15-27(17)44-29-23(36-22-11-10-19(43-31(34)35)14-24(22)37-29)9-7-5-6-8-20-21-12-18(21)13-26(20)45-32(42)38-28(30(39)41)33(2,3)4;;;/h11-12,15,18,20-22,26-29,32H,5-10,13-14,16H2,1-4H3,(H,39,43);9-10,14,17-19,21-23,26-28,30H,6-8,11-13,15H2,1-5H3,(H,37,41);10-11,14,17-18,20-21,25-28,31H,5-9,12-13,15H2,1-4H3,(H,38,42);;;/q3*-1;;;/t18?,20-,21+,22?,26+,27+,28-,29+;17-,18?,19?,21+,22?,23?,26+,27+,28-,30+;17-,18?,20+,21?,25+,26+,27-,28+;;;/m000.../s1. The van der Waals surface area contributed by atoms with E-state index >= 15 is 0 Å². The van der Waals surface area contributed by atoms with E-state index in [0.29, 0.717) is 129 Å². The quantitative estimate of drug-likeness (QED) is 0.0687. The van der Waals surface area contributed by atoms with E-state index in [1.54, 1.807) is 26.2 Å². The molecule has 9 heterocycles. The molecule has 13 aliphatic rings. The molecule has 6 aromatic rings. The minimum absolute atomic E-state index is 0. The molecule has 3 N–H and O–H groups in total. The normalized spacial score (nSPS) is 32.9. The molecular weight excluding hydrogens is 1900 g/mol. The van der Waals surface area contributed by atoms with Crippen molar-refractivity contribution in [2.45, 2.75) is 310 Å². The van der Waals surface area contributed by atoms with Gasteiger partial charge in [0.25, 0.3) is 0 Å². The van der Waals surface area contributed by atoms with Gasteiger partial charge < -0.3 is 87.7 Å². The van der Waals surface area contributed by atoms with Gasteiger partial charge in [0.15, 0.2) is 0 Å². The third-order valence-electron chi connectivity index (χ3n) is 31.1. The van der Waals surface area contributed by atoms with Crippen LogP contribution in [0.5, 0.6) is 34.9 Å². The van der Waals surface area contributed by atoms with E-state index in [0.717, 1.165) is 108 Å². The minimum atomic E-state index is -2.98. The smallest absolute Gasteiger partial charge is 0.408 e. The van der Waals surface area contributed by atoms with Crippen LogP contribution in [-0.4, -0.2) is 212 Å². The first-order valence-electron chi connectivity index (χ1n) is 48.8. The topological polar surface area (TPSA) is 360 Å². The molecule has 6 amide bonds. The van der Waals surface area contributed by atoms with Crippen molar-refractivity contribution in [1.29, 1.82) is 0 Å². The largest absolute Gasteiger partial charge is 0.540 e. The number of carbonyl (C=O) groups excluding carboxylic acids is 9. The summed E-state index contributed by atoms with van der Waals surface area (Å²) < 4.78 is 104. The average Bonchev–Trinajstić information content (AvgIpc) is 1.60. The van der Waals surface area contributed by atoms with Gasteiger partial charge in [-0.2, -0.15) is 17.6 Å². The molecule has 745 valence electrons. The van der Waals surface area contributed by atoms with Crippen LogP contribution in [0.3, 0.4) is 0 Å². The van der Waals surface area contributed by atoms with Crippen molar-refractivity contribution in [2.75, 3.05) is 26.7 Å². The van der Waals surface area contributed by atoms with Gasteiger partial charge >= 0.3 is 31.5 Å². The number of aromatic nitrogens is 6. The summed E-state index contributed by atoms with van der Waals surface area (Å²) in [6, 6.07) is 9.07. The van der Waals surface area contributed by atoms with Crippen LogP contribution in [0.25, 0.3) is 33.1 Å². The molecule has 30 nitrogen and oxygen atoms in total. The fraction of sp³-hybridized carbons (Fsp3) is 0.673. The number of aryl methyl sites for hydroxylation is 2. The third-order valence-corrected chi connectivity index (χ3v) is 31.1. The number of alkyl halides is 4. The zero-order valence-corrected chi connectivity index (χ0v) is 84.7. The number of hydrogen-bond donors (Lipinski definition) is 3. The fourth-order valence-corrected chi connectivity index (χ4v) is 23.3. The van der Waals surface area contributed by atoms with Gasteiger partial charge in [0, 0.05) is 79.8 Å². The van der Waals surface area contributed by atoms with Crippen molar-refractivity contribution < 1.29 is 159 Å². The Bertz CT molecular complexity index is 5450. The molecule has 26 atom stereocenters. The van der Waals surface area contributed by atoms with Crippen LogP contribution in [0.15, 0.2) is 54.6 Å². The van der Waals surface area contributed by atoms with Crippen molar-refractivity contribution in [2.24, 2.45) is 93.2 Å². The number of ether oxygens (including phenoxy) is 9. The Balaban J connectivity index is 0.000000163. The molecule has 7 aliphatic carbocycles. The number of alkyl carbamates (subject to hydrolysis) is 3. The number of nitrogens with zero attached hydrogens (tertiary/aromatic N) is 9. The van der Waals surface area contributed by atoms with Gasteiger partial charge in [0.1, 0.15) is 89.1 Å². The molecule has 37 heteroatoms. The first-order valence-corrected chi connectivity index (χ1v) is 48.8. The molecule has 6 aliphatic heterocycles. The summed E-state index contributed by atoms with van der Waals surface area (Å²) in [4.78, 5) is 152. The molecule has 7 saturated carbocycles. The van der Waals surface area contributed by atoms with E-state index in [1.165, 1.54) is 58.2 Å². The predicted molar refractivity (Wildman–Crippen MR) is 485 cm³/mol. The Morgan fingerprint density at radius 1 is 0.406 bits per heavy atom. The van der Waals surface area contributed by atoms with Crippen molar-refractivity contribution >= 4 is 88.0 Å². The minimum Gasteiger partial charge on any atom is -0.540 e. The Morgan fingerprint density at radius 3 is 1.16 bits per heavy atom. The average molecular weight is 2030 g/mol. The van der Waals surface area contributed by atoms with Crippen molar-refractivity contribution in [3.05, 3.63) is 71.7 Å². The number of rotatable bonds is 9.